The van der Waals surface area contributed by atoms with Crippen molar-refractivity contribution in [1.82, 2.24) is 5.32 Å². The van der Waals surface area contributed by atoms with Crippen LogP contribution in [-0.4, -0.2) is 18.3 Å². The maximum Gasteiger partial charge on any atom is 0.251 e. The summed E-state index contributed by atoms with van der Waals surface area (Å²) >= 11 is 15.3. The van der Waals surface area contributed by atoms with E-state index in [0.29, 0.717) is 34.8 Å². The quantitative estimate of drug-likeness (QED) is 0.743. The van der Waals surface area contributed by atoms with E-state index < -0.39 is 0 Å². The monoisotopic (exact) mass is 377 g/mol. The number of halogens is 3. The van der Waals surface area contributed by atoms with Gasteiger partial charge in [-0.15, -0.1) is 11.6 Å². The zero-order chi connectivity index (χ0) is 14.5. The van der Waals surface area contributed by atoms with E-state index in [1.807, 2.05) is 0 Å². The van der Waals surface area contributed by atoms with Crippen LogP contribution in [0.3, 0.4) is 0 Å². The first kappa shape index (κ1) is 16.1. The van der Waals surface area contributed by atoms with Crippen molar-refractivity contribution in [1.29, 1.82) is 0 Å². The molecule has 0 spiro atoms. The summed E-state index contributed by atoms with van der Waals surface area (Å²) in [6, 6.07) is 5.21. The Hall–Kier alpha value is -0.250. The van der Waals surface area contributed by atoms with Crippen LogP contribution in [0.1, 0.15) is 36.0 Å². The summed E-state index contributed by atoms with van der Waals surface area (Å²) in [5, 5.41) is 3.63. The Morgan fingerprint density at radius 2 is 2.00 bits per heavy atom. The Morgan fingerprint density at radius 1 is 1.30 bits per heavy atom. The van der Waals surface area contributed by atoms with E-state index in [-0.39, 0.29) is 5.91 Å². The number of carbonyl (C=O) groups excluding carboxylic acids is 1. The van der Waals surface area contributed by atoms with Crippen LogP contribution < -0.4 is 5.32 Å². The molecule has 1 N–H and O–H groups in total. The number of alkyl halides is 1. The average molecular weight is 379 g/mol. The molecule has 0 aromatic heterocycles. The van der Waals surface area contributed by atoms with E-state index in [0.717, 1.165) is 10.9 Å². The summed E-state index contributed by atoms with van der Waals surface area (Å²) in [5.74, 6) is 1.66. The van der Waals surface area contributed by atoms with E-state index in [1.165, 1.54) is 19.3 Å². The van der Waals surface area contributed by atoms with E-state index >= 15 is 0 Å². The molecule has 5 heteroatoms. The van der Waals surface area contributed by atoms with Gasteiger partial charge in [0.25, 0.3) is 5.91 Å². The molecule has 0 bridgehead atoms. The van der Waals surface area contributed by atoms with Gasteiger partial charge in [0.2, 0.25) is 0 Å². The standard InChI is InChI=1S/C15H18BrCl2NO/c16-13-7-10(5-6-14(13)18)15(20)19-9-12-4-2-1-3-11(12)8-17/h5-7,11-12H,1-4,8-9H2,(H,19,20). The molecule has 2 atom stereocenters. The number of hydrogen-bond acceptors (Lipinski definition) is 1. The maximum atomic E-state index is 12.1. The van der Waals surface area contributed by atoms with Gasteiger partial charge in [-0.1, -0.05) is 24.4 Å². The van der Waals surface area contributed by atoms with E-state index in [2.05, 4.69) is 21.2 Å². The predicted molar refractivity (Wildman–Crippen MR) is 87.7 cm³/mol. The smallest absolute Gasteiger partial charge is 0.251 e. The first-order valence-corrected chi connectivity index (χ1v) is 8.61. The van der Waals surface area contributed by atoms with Gasteiger partial charge in [0.05, 0.1) is 5.02 Å². The minimum absolute atomic E-state index is 0.0544. The summed E-state index contributed by atoms with van der Waals surface area (Å²) in [6.07, 6.45) is 4.82. The highest BCUT2D eigenvalue weighted by Gasteiger charge is 2.24. The highest BCUT2D eigenvalue weighted by atomic mass is 79.9. The lowest BCUT2D eigenvalue weighted by molar-refractivity contribution is 0.0936. The average Bonchev–Trinajstić information content (AvgIpc) is 2.47. The minimum Gasteiger partial charge on any atom is -0.352 e. The Bertz CT molecular complexity index is 481. The maximum absolute atomic E-state index is 12.1. The van der Waals surface area contributed by atoms with Gasteiger partial charge in [0, 0.05) is 22.5 Å². The van der Waals surface area contributed by atoms with Gasteiger partial charge >= 0.3 is 0 Å². The summed E-state index contributed by atoms with van der Waals surface area (Å²) in [4.78, 5) is 12.1. The third-order valence-corrected chi connectivity index (χ3v) is 5.58. The van der Waals surface area contributed by atoms with E-state index in [4.69, 9.17) is 23.2 Å². The van der Waals surface area contributed by atoms with Crippen molar-refractivity contribution in [2.75, 3.05) is 12.4 Å². The highest BCUT2D eigenvalue weighted by Crippen LogP contribution is 2.30. The lowest BCUT2D eigenvalue weighted by Gasteiger charge is -2.30. The number of benzene rings is 1. The molecule has 2 unspecified atom stereocenters. The topological polar surface area (TPSA) is 29.1 Å². The van der Waals surface area contributed by atoms with Crippen molar-refractivity contribution in [3.63, 3.8) is 0 Å². The van der Waals surface area contributed by atoms with Gasteiger partial charge < -0.3 is 5.32 Å². The molecule has 1 aliphatic carbocycles. The summed E-state index contributed by atoms with van der Waals surface area (Å²) in [7, 11) is 0. The van der Waals surface area contributed by atoms with Crippen molar-refractivity contribution < 1.29 is 4.79 Å². The molecular formula is C15H18BrCl2NO. The van der Waals surface area contributed by atoms with Crippen molar-refractivity contribution in [2.45, 2.75) is 25.7 Å². The van der Waals surface area contributed by atoms with Gasteiger partial charge in [0.1, 0.15) is 0 Å². The molecule has 1 aromatic rings. The van der Waals surface area contributed by atoms with Crippen LogP contribution in [0.15, 0.2) is 22.7 Å². The minimum atomic E-state index is -0.0544. The molecule has 0 aliphatic heterocycles. The zero-order valence-electron chi connectivity index (χ0n) is 11.2. The summed E-state index contributed by atoms with van der Waals surface area (Å²) in [5.41, 5.74) is 0.625. The molecule has 2 rings (SSSR count). The van der Waals surface area contributed by atoms with E-state index in [1.54, 1.807) is 18.2 Å². The SMILES string of the molecule is O=C(NCC1CCCCC1CCl)c1ccc(Cl)c(Br)c1. The lowest BCUT2D eigenvalue weighted by atomic mass is 9.80. The fourth-order valence-electron chi connectivity index (χ4n) is 2.72. The number of nitrogens with one attached hydrogen (secondary N) is 1. The number of rotatable bonds is 4. The fraction of sp³-hybridized carbons (Fsp3) is 0.533. The van der Waals surface area contributed by atoms with Crippen LogP contribution in [0.25, 0.3) is 0 Å². The highest BCUT2D eigenvalue weighted by molar-refractivity contribution is 9.10. The molecular weight excluding hydrogens is 361 g/mol. The number of amides is 1. The van der Waals surface area contributed by atoms with Crippen LogP contribution in [0.4, 0.5) is 0 Å². The van der Waals surface area contributed by atoms with Crippen molar-refractivity contribution in [3.05, 3.63) is 33.3 Å². The largest absolute Gasteiger partial charge is 0.352 e. The second kappa shape index (κ2) is 7.67. The summed E-state index contributed by atoms with van der Waals surface area (Å²) < 4.78 is 0.739. The van der Waals surface area contributed by atoms with Gasteiger partial charge in [-0.05, 0) is 58.8 Å². The van der Waals surface area contributed by atoms with Crippen molar-refractivity contribution >= 4 is 45.0 Å². The third kappa shape index (κ3) is 4.12. The van der Waals surface area contributed by atoms with Crippen LogP contribution in [0.2, 0.25) is 5.02 Å². The van der Waals surface area contributed by atoms with Crippen LogP contribution in [0.5, 0.6) is 0 Å². The fourth-order valence-corrected chi connectivity index (χ4v) is 3.62. The first-order valence-electron chi connectivity index (χ1n) is 6.91. The number of hydrogen-bond donors (Lipinski definition) is 1. The summed E-state index contributed by atoms with van der Waals surface area (Å²) in [6.45, 7) is 0.705. The third-order valence-electron chi connectivity index (χ3n) is 3.97. The van der Waals surface area contributed by atoms with E-state index in [9.17, 15) is 4.79 Å². The molecule has 0 radical (unpaired) electrons. The molecule has 0 heterocycles. The van der Waals surface area contributed by atoms with Gasteiger partial charge in [-0.3, -0.25) is 4.79 Å². The number of carbonyl (C=O) groups is 1. The lowest BCUT2D eigenvalue weighted by Crippen LogP contribution is -2.34. The zero-order valence-corrected chi connectivity index (χ0v) is 14.3. The second-order valence-corrected chi connectivity index (χ2v) is 6.87. The molecule has 110 valence electrons. The van der Waals surface area contributed by atoms with Crippen molar-refractivity contribution in [2.24, 2.45) is 11.8 Å². The predicted octanol–water partition coefficient (Wildman–Crippen LogP) is 4.88. The molecule has 1 amide bonds. The van der Waals surface area contributed by atoms with Crippen LogP contribution >= 0.6 is 39.1 Å². The van der Waals surface area contributed by atoms with Gasteiger partial charge in [-0.2, -0.15) is 0 Å². The molecule has 1 aromatic carbocycles. The Balaban J connectivity index is 1.92. The van der Waals surface area contributed by atoms with Gasteiger partial charge in [-0.25, -0.2) is 0 Å². The molecule has 20 heavy (non-hydrogen) atoms. The Kier molecular flexibility index (Phi) is 6.19. The van der Waals surface area contributed by atoms with Gasteiger partial charge in [0.15, 0.2) is 0 Å². The first-order chi connectivity index (χ1) is 9.61. The Labute approximate surface area is 138 Å². The Morgan fingerprint density at radius 3 is 2.65 bits per heavy atom. The van der Waals surface area contributed by atoms with Crippen LogP contribution in [-0.2, 0) is 0 Å². The molecule has 2 nitrogen and oxygen atoms in total. The van der Waals surface area contributed by atoms with Crippen LogP contribution in [0, 0.1) is 11.8 Å². The molecule has 0 saturated heterocycles. The molecule has 1 aliphatic rings. The molecule has 1 fully saturated rings. The van der Waals surface area contributed by atoms with Crippen molar-refractivity contribution in [3.8, 4) is 0 Å². The molecule has 1 saturated carbocycles. The second-order valence-electron chi connectivity index (χ2n) is 5.30. The normalized spacial score (nSPS) is 22.6.